The molecule has 0 bridgehead atoms. The van der Waals surface area contributed by atoms with E-state index in [1.165, 1.54) is 11.1 Å². The molecule has 0 aliphatic heterocycles. The third kappa shape index (κ3) is 3.99. The van der Waals surface area contributed by atoms with E-state index in [-0.39, 0.29) is 6.04 Å². The van der Waals surface area contributed by atoms with Crippen LogP contribution in [0.1, 0.15) is 17.2 Å². The van der Waals surface area contributed by atoms with Crippen molar-refractivity contribution in [2.45, 2.75) is 12.5 Å². The van der Waals surface area contributed by atoms with E-state index in [9.17, 15) is 0 Å². The topological polar surface area (TPSA) is 30.5 Å². The molecular weight excluding hydrogens is 330 g/mol. The summed E-state index contributed by atoms with van der Waals surface area (Å²) >= 11 is 3.54. The van der Waals surface area contributed by atoms with Gasteiger partial charge in [0, 0.05) is 6.04 Å². The number of ether oxygens (including phenoxy) is 2. The van der Waals surface area contributed by atoms with Crippen LogP contribution in [0.5, 0.6) is 11.5 Å². The molecule has 0 radical (unpaired) electrons. The molecule has 0 aliphatic carbocycles. The first-order valence-corrected chi connectivity index (χ1v) is 7.61. The zero-order chi connectivity index (χ0) is 15.2. The minimum atomic E-state index is 0.235. The molecule has 0 fully saturated rings. The highest BCUT2D eigenvalue weighted by Gasteiger charge is 2.12. The number of halogens is 1. The minimum Gasteiger partial charge on any atom is -0.497 e. The van der Waals surface area contributed by atoms with Gasteiger partial charge in [0.2, 0.25) is 0 Å². The first-order valence-electron chi connectivity index (χ1n) is 6.81. The van der Waals surface area contributed by atoms with Crippen molar-refractivity contribution in [3.05, 3.63) is 58.1 Å². The van der Waals surface area contributed by atoms with Gasteiger partial charge in [-0.15, -0.1) is 0 Å². The van der Waals surface area contributed by atoms with Crippen molar-refractivity contribution in [1.82, 2.24) is 5.32 Å². The molecule has 2 aromatic carbocycles. The molecule has 0 aliphatic rings. The number of rotatable bonds is 6. The van der Waals surface area contributed by atoms with E-state index in [1.807, 2.05) is 25.2 Å². The van der Waals surface area contributed by atoms with E-state index < -0.39 is 0 Å². The normalized spacial score (nSPS) is 12.0. The van der Waals surface area contributed by atoms with Gasteiger partial charge in [-0.2, -0.15) is 0 Å². The third-order valence-corrected chi connectivity index (χ3v) is 4.12. The molecule has 4 heteroatoms. The number of likely N-dealkylation sites (N-methyl/N-ethyl adjacent to an activating group) is 1. The number of methoxy groups -OCH3 is 2. The molecule has 112 valence electrons. The van der Waals surface area contributed by atoms with Crippen molar-refractivity contribution in [3.8, 4) is 11.5 Å². The van der Waals surface area contributed by atoms with Crippen LogP contribution in [0.4, 0.5) is 0 Å². The van der Waals surface area contributed by atoms with E-state index in [4.69, 9.17) is 9.47 Å². The van der Waals surface area contributed by atoms with Gasteiger partial charge in [0.25, 0.3) is 0 Å². The molecule has 0 amide bonds. The smallest absolute Gasteiger partial charge is 0.133 e. The highest BCUT2D eigenvalue weighted by molar-refractivity contribution is 9.10. The lowest BCUT2D eigenvalue weighted by Gasteiger charge is -2.18. The fourth-order valence-electron chi connectivity index (χ4n) is 2.32. The summed E-state index contributed by atoms with van der Waals surface area (Å²) in [5.74, 6) is 1.73. The molecular formula is C17H20BrNO2. The first-order chi connectivity index (χ1) is 10.2. The molecule has 21 heavy (non-hydrogen) atoms. The van der Waals surface area contributed by atoms with Crippen molar-refractivity contribution in [1.29, 1.82) is 0 Å². The maximum atomic E-state index is 5.28. The highest BCUT2D eigenvalue weighted by atomic mass is 79.9. The Kier molecular flexibility index (Phi) is 5.65. The SMILES string of the molecule is CNC(Cc1cccc(OC)c1)c1ccc(OC)c(Br)c1. The molecule has 2 rings (SSSR count). The van der Waals surface area contributed by atoms with Crippen molar-refractivity contribution in [3.63, 3.8) is 0 Å². The fraction of sp³-hybridized carbons (Fsp3) is 0.294. The minimum absolute atomic E-state index is 0.235. The Bertz CT molecular complexity index is 601. The van der Waals surface area contributed by atoms with Crippen LogP contribution >= 0.6 is 15.9 Å². The highest BCUT2D eigenvalue weighted by Crippen LogP contribution is 2.29. The van der Waals surface area contributed by atoms with Gasteiger partial charge in [0.15, 0.2) is 0 Å². The average molecular weight is 350 g/mol. The van der Waals surface area contributed by atoms with Crippen LogP contribution in [0.15, 0.2) is 46.9 Å². The molecule has 0 saturated heterocycles. The predicted molar refractivity (Wildman–Crippen MR) is 89.2 cm³/mol. The molecule has 0 saturated carbocycles. The Morgan fingerprint density at radius 3 is 2.52 bits per heavy atom. The zero-order valence-electron chi connectivity index (χ0n) is 12.5. The lowest BCUT2D eigenvalue weighted by Crippen LogP contribution is -2.18. The Morgan fingerprint density at radius 2 is 1.90 bits per heavy atom. The van der Waals surface area contributed by atoms with Crippen LogP contribution in [0, 0.1) is 0 Å². The lowest BCUT2D eigenvalue weighted by molar-refractivity contribution is 0.411. The third-order valence-electron chi connectivity index (χ3n) is 3.50. The molecule has 1 N–H and O–H groups in total. The number of hydrogen-bond donors (Lipinski definition) is 1. The second kappa shape index (κ2) is 7.48. The molecule has 3 nitrogen and oxygen atoms in total. The first kappa shape index (κ1) is 15.9. The molecule has 2 aromatic rings. The van der Waals surface area contributed by atoms with Crippen LogP contribution in [-0.4, -0.2) is 21.3 Å². The summed E-state index contributed by atoms with van der Waals surface area (Å²) in [4.78, 5) is 0. The summed E-state index contributed by atoms with van der Waals surface area (Å²) < 4.78 is 11.5. The summed E-state index contributed by atoms with van der Waals surface area (Å²) in [7, 11) is 5.34. The molecule has 0 spiro atoms. The van der Waals surface area contributed by atoms with Crippen LogP contribution < -0.4 is 14.8 Å². The van der Waals surface area contributed by atoms with Gasteiger partial charge in [-0.05, 0) is 64.8 Å². The van der Waals surface area contributed by atoms with Crippen LogP contribution in [0.2, 0.25) is 0 Å². The summed E-state index contributed by atoms with van der Waals surface area (Å²) in [6.07, 6.45) is 0.895. The van der Waals surface area contributed by atoms with Gasteiger partial charge < -0.3 is 14.8 Å². The Morgan fingerprint density at radius 1 is 1.10 bits per heavy atom. The van der Waals surface area contributed by atoms with Gasteiger partial charge in [-0.1, -0.05) is 18.2 Å². The van der Waals surface area contributed by atoms with E-state index >= 15 is 0 Å². The number of hydrogen-bond acceptors (Lipinski definition) is 3. The molecule has 0 aromatic heterocycles. The van der Waals surface area contributed by atoms with Crippen molar-refractivity contribution in [2.24, 2.45) is 0 Å². The fourth-order valence-corrected chi connectivity index (χ4v) is 2.88. The summed E-state index contributed by atoms with van der Waals surface area (Å²) in [5, 5.41) is 3.37. The van der Waals surface area contributed by atoms with Crippen LogP contribution in [-0.2, 0) is 6.42 Å². The zero-order valence-corrected chi connectivity index (χ0v) is 14.1. The van der Waals surface area contributed by atoms with E-state index in [0.717, 1.165) is 22.4 Å². The Balaban J connectivity index is 2.21. The van der Waals surface area contributed by atoms with Crippen LogP contribution in [0.3, 0.4) is 0 Å². The lowest BCUT2D eigenvalue weighted by atomic mass is 9.99. The molecule has 1 unspecified atom stereocenters. The predicted octanol–water partition coefficient (Wildman–Crippen LogP) is 3.97. The molecule has 0 heterocycles. The van der Waals surface area contributed by atoms with E-state index in [2.05, 4.69) is 45.5 Å². The summed E-state index contributed by atoms with van der Waals surface area (Å²) in [5.41, 5.74) is 2.45. The van der Waals surface area contributed by atoms with Gasteiger partial charge in [-0.3, -0.25) is 0 Å². The summed E-state index contributed by atoms with van der Waals surface area (Å²) in [6.45, 7) is 0. The van der Waals surface area contributed by atoms with E-state index in [1.54, 1.807) is 14.2 Å². The Hall–Kier alpha value is -1.52. The largest absolute Gasteiger partial charge is 0.497 e. The second-order valence-electron chi connectivity index (χ2n) is 4.79. The molecule has 1 atom stereocenters. The van der Waals surface area contributed by atoms with Crippen LogP contribution in [0.25, 0.3) is 0 Å². The number of nitrogens with one attached hydrogen (secondary N) is 1. The standard InChI is InChI=1S/C17H20BrNO2/c1-19-16(10-12-5-4-6-14(9-12)20-2)13-7-8-17(21-3)15(18)11-13/h4-9,11,16,19H,10H2,1-3H3. The quantitative estimate of drug-likeness (QED) is 0.855. The maximum absolute atomic E-state index is 5.28. The van der Waals surface area contributed by atoms with E-state index in [0.29, 0.717) is 0 Å². The second-order valence-corrected chi connectivity index (χ2v) is 5.65. The van der Waals surface area contributed by atoms with Gasteiger partial charge in [-0.25, -0.2) is 0 Å². The van der Waals surface area contributed by atoms with Crippen molar-refractivity contribution >= 4 is 15.9 Å². The Labute approximate surface area is 134 Å². The van der Waals surface area contributed by atoms with Gasteiger partial charge in [0.05, 0.1) is 18.7 Å². The maximum Gasteiger partial charge on any atom is 0.133 e. The average Bonchev–Trinajstić information content (AvgIpc) is 2.52. The summed E-state index contributed by atoms with van der Waals surface area (Å²) in [6, 6.07) is 14.6. The van der Waals surface area contributed by atoms with Crippen molar-refractivity contribution < 1.29 is 9.47 Å². The van der Waals surface area contributed by atoms with Gasteiger partial charge in [0.1, 0.15) is 11.5 Å². The van der Waals surface area contributed by atoms with Crippen molar-refractivity contribution in [2.75, 3.05) is 21.3 Å². The number of benzene rings is 2. The van der Waals surface area contributed by atoms with Gasteiger partial charge >= 0.3 is 0 Å². The monoisotopic (exact) mass is 349 g/mol.